The second-order valence-corrected chi connectivity index (χ2v) is 5.88. The molecule has 0 spiro atoms. The minimum Gasteiger partial charge on any atom is -0.540 e. The number of hydrogen-bond acceptors (Lipinski definition) is 2. The van der Waals surface area contributed by atoms with Crippen molar-refractivity contribution in [2.45, 2.75) is 32.2 Å². The maximum Gasteiger partial charge on any atom is 0.317 e. The first-order chi connectivity index (χ1) is 7.07. The standard InChI is InChI=1S/C12H18O2Si/c1-5-12(2,3)15-14-11-8-6-10(13-4)7-9-11/h6-9H,5H2,1-4H3. The van der Waals surface area contributed by atoms with Crippen LogP contribution in [0.4, 0.5) is 0 Å². The highest BCUT2D eigenvalue weighted by Gasteiger charge is 2.19. The van der Waals surface area contributed by atoms with Gasteiger partial charge in [-0.2, -0.15) is 0 Å². The number of methoxy groups -OCH3 is 1. The molecule has 0 aliphatic heterocycles. The van der Waals surface area contributed by atoms with E-state index in [0.29, 0.717) is 9.76 Å². The molecule has 0 aliphatic carbocycles. The molecule has 0 N–H and O–H groups in total. The molecule has 0 saturated heterocycles. The topological polar surface area (TPSA) is 18.5 Å². The van der Waals surface area contributed by atoms with Crippen molar-refractivity contribution in [3.8, 4) is 11.5 Å². The summed E-state index contributed by atoms with van der Waals surface area (Å²) in [5.74, 6) is 1.77. The van der Waals surface area contributed by atoms with Crippen molar-refractivity contribution in [2.75, 3.05) is 7.11 Å². The van der Waals surface area contributed by atoms with Crippen molar-refractivity contribution >= 4 is 9.76 Å². The predicted octanol–water partition coefficient (Wildman–Crippen LogP) is 3.30. The summed E-state index contributed by atoms with van der Waals surface area (Å²) in [6.07, 6.45) is 1.13. The third kappa shape index (κ3) is 3.96. The van der Waals surface area contributed by atoms with E-state index < -0.39 is 0 Å². The SMILES string of the molecule is CCC(C)(C)[Si]Oc1ccc(OC)cc1. The van der Waals surface area contributed by atoms with Crippen LogP contribution in [0.25, 0.3) is 0 Å². The predicted molar refractivity (Wildman–Crippen MR) is 63.7 cm³/mol. The number of rotatable bonds is 5. The first-order valence-electron chi connectivity index (χ1n) is 5.15. The number of hydrogen-bond donors (Lipinski definition) is 0. The Morgan fingerprint density at radius 1 is 1.13 bits per heavy atom. The summed E-state index contributed by atoms with van der Waals surface area (Å²) in [6, 6.07) is 7.71. The molecule has 0 unspecified atom stereocenters. The summed E-state index contributed by atoms with van der Waals surface area (Å²) >= 11 is 0. The highest BCUT2D eigenvalue weighted by molar-refractivity contribution is 6.33. The fourth-order valence-corrected chi connectivity index (χ4v) is 1.59. The first kappa shape index (κ1) is 12.1. The summed E-state index contributed by atoms with van der Waals surface area (Å²) in [5.41, 5.74) is 0. The van der Waals surface area contributed by atoms with E-state index in [4.69, 9.17) is 9.16 Å². The van der Waals surface area contributed by atoms with Crippen LogP contribution in [-0.4, -0.2) is 16.9 Å². The summed E-state index contributed by atoms with van der Waals surface area (Å²) < 4.78 is 10.8. The molecule has 0 amide bonds. The van der Waals surface area contributed by atoms with Crippen LogP contribution in [0.15, 0.2) is 24.3 Å². The largest absolute Gasteiger partial charge is 0.540 e. The third-order valence-electron chi connectivity index (χ3n) is 2.39. The molecule has 0 fully saturated rings. The van der Waals surface area contributed by atoms with Crippen molar-refractivity contribution in [3.63, 3.8) is 0 Å². The van der Waals surface area contributed by atoms with Gasteiger partial charge in [0.25, 0.3) is 0 Å². The van der Waals surface area contributed by atoms with E-state index >= 15 is 0 Å². The van der Waals surface area contributed by atoms with Crippen molar-refractivity contribution in [2.24, 2.45) is 0 Å². The monoisotopic (exact) mass is 222 g/mol. The molecule has 0 atom stereocenters. The normalized spacial score (nSPS) is 11.2. The van der Waals surface area contributed by atoms with Crippen LogP contribution in [0, 0.1) is 0 Å². The third-order valence-corrected chi connectivity index (χ3v) is 3.63. The van der Waals surface area contributed by atoms with Gasteiger partial charge in [-0.25, -0.2) is 0 Å². The van der Waals surface area contributed by atoms with Gasteiger partial charge in [0.1, 0.15) is 11.5 Å². The molecule has 0 aromatic heterocycles. The molecule has 0 heterocycles. The van der Waals surface area contributed by atoms with Crippen LogP contribution in [0.1, 0.15) is 27.2 Å². The van der Waals surface area contributed by atoms with Gasteiger partial charge in [-0.05, 0) is 29.3 Å². The minimum absolute atomic E-state index is 0.264. The Morgan fingerprint density at radius 2 is 1.67 bits per heavy atom. The van der Waals surface area contributed by atoms with Crippen molar-refractivity contribution in [1.29, 1.82) is 0 Å². The minimum atomic E-state index is 0.264. The van der Waals surface area contributed by atoms with Gasteiger partial charge in [-0.1, -0.05) is 27.2 Å². The van der Waals surface area contributed by atoms with Gasteiger partial charge >= 0.3 is 9.76 Å². The zero-order chi connectivity index (χ0) is 11.3. The van der Waals surface area contributed by atoms with Gasteiger partial charge in [0, 0.05) is 0 Å². The molecule has 0 bridgehead atoms. The Labute approximate surface area is 94.5 Å². The molecule has 1 rings (SSSR count). The van der Waals surface area contributed by atoms with Crippen LogP contribution >= 0.6 is 0 Å². The highest BCUT2D eigenvalue weighted by atomic mass is 28.2. The molecule has 3 heteroatoms. The lowest BCUT2D eigenvalue weighted by atomic mass is 10.1. The zero-order valence-electron chi connectivity index (χ0n) is 9.83. The van der Waals surface area contributed by atoms with Crippen LogP contribution < -0.4 is 9.16 Å². The van der Waals surface area contributed by atoms with E-state index in [0.717, 1.165) is 17.9 Å². The van der Waals surface area contributed by atoms with E-state index in [1.807, 2.05) is 24.3 Å². The molecule has 82 valence electrons. The zero-order valence-corrected chi connectivity index (χ0v) is 10.8. The van der Waals surface area contributed by atoms with Crippen LogP contribution in [0.5, 0.6) is 11.5 Å². The molecule has 1 aromatic rings. The van der Waals surface area contributed by atoms with Gasteiger partial charge < -0.3 is 9.16 Å². The fraction of sp³-hybridized carbons (Fsp3) is 0.500. The Kier molecular flexibility index (Phi) is 4.21. The lowest BCUT2D eigenvalue weighted by molar-refractivity contribution is 0.414. The Balaban J connectivity index is 2.51. The first-order valence-corrected chi connectivity index (χ1v) is 6.06. The van der Waals surface area contributed by atoms with Gasteiger partial charge in [0.05, 0.1) is 7.11 Å². The Morgan fingerprint density at radius 3 is 2.13 bits per heavy atom. The molecule has 15 heavy (non-hydrogen) atoms. The number of ether oxygens (including phenoxy) is 1. The van der Waals surface area contributed by atoms with E-state index in [1.165, 1.54) is 0 Å². The summed E-state index contributed by atoms with van der Waals surface area (Å²) in [4.78, 5) is 0. The smallest absolute Gasteiger partial charge is 0.317 e. The molecule has 2 nitrogen and oxygen atoms in total. The van der Waals surface area contributed by atoms with Crippen molar-refractivity contribution in [1.82, 2.24) is 0 Å². The summed E-state index contributed by atoms with van der Waals surface area (Å²) in [5, 5.41) is 0.264. The van der Waals surface area contributed by atoms with Crippen molar-refractivity contribution in [3.05, 3.63) is 24.3 Å². The van der Waals surface area contributed by atoms with E-state index in [9.17, 15) is 0 Å². The second kappa shape index (κ2) is 5.21. The van der Waals surface area contributed by atoms with Crippen LogP contribution in [-0.2, 0) is 0 Å². The average Bonchev–Trinajstić information content (AvgIpc) is 2.27. The summed E-state index contributed by atoms with van der Waals surface area (Å²) in [6.45, 7) is 6.62. The molecule has 0 saturated carbocycles. The maximum atomic E-state index is 5.73. The van der Waals surface area contributed by atoms with Gasteiger partial charge in [0.2, 0.25) is 0 Å². The second-order valence-electron chi connectivity index (χ2n) is 4.12. The van der Waals surface area contributed by atoms with Crippen molar-refractivity contribution < 1.29 is 9.16 Å². The Hall–Kier alpha value is -0.963. The van der Waals surface area contributed by atoms with Crippen LogP contribution in [0.3, 0.4) is 0 Å². The van der Waals surface area contributed by atoms with E-state index in [-0.39, 0.29) is 5.04 Å². The molecular formula is C12H18O2Si. The average molecular weight is 222 g/mol. The maximum absolute atomic E-state index is 5.73. The fourth-order valence-electron chi connectivity index (χ4n) is 0.913. The van der Waals surface area contributed by atoms with Gasteiger partial charge in [0.15, 0.2) is 0 Å². The lowest BCUT2D eigenvalue weighted by Crippen LogP contribution is -2.17. The van der Waals surface area contributed by atoms with Gasteiger partial charge in [-0.3, -0.25) is 0 Å². The molecule has 0 aliphatic rings. The Bertz CT molecular complexity index is 293. The molecular weight excluding hydrogens is 204 g/mol. The number of benzene rings is 1. The van der Waals surface area contributed by atoms with Crippen LogP contribution in [0.2, 0.25) is 5.04 Å². The lowest BCUT2D eigenvalue weighted by Gasteiger charge is -2.20. The van der Waals surface area contributed by atoms with E-state index in [1.54, 1.807) is 7.11 Å². The molecule has 2 radical (unpaired) electrons. The van der Waals surface area contributed by atoms with E-state index in [2.05, 4.69) is 20.8 Å². The highest BCUT2D eigenvalue weighted by Crippen LogP contribution is 2.28. The molecule has 1 aromatic carbocycles. The quantitative estimate of drug-likeness (QED) is 0.712. The van der Waals surface area contributed by atoms with Gasteiger partial charge in [-0.15, -0.1) is 0 Å². The summed E-state index contributed by atoms with van der Waals surface area (Å²) in [7, 11) is 2.16.